The highest BCUT2D eigenvalue weighted by Crippen LogP contribution is 2.18. The Bertz CT molecular complexity index is 454. The standard InChI is InChI=1S/C12H19ClN4O/c1-2-7-17-12(18)11(13)10(8-15-17)16-9-3-5-14-6-4-9/h8-9,14,16H,2-7H2,1H3. The zero-order valence-corrected chi connectivity index (χ0v) is 11.3. The molecule has 1 saturated heterocycles. The van der Waals surface area contributed by atoms with E-state index in [9.17, 15) is 4.79 Å². The second-order valence-electron chi connectivity index (χ2n) is 4.57. The van der Waals surface area contributed by atoms with E-state index in [2.05, 4.69) is 15.7 Å². The summed E-state index contributed by atoms with van der Waals surface area (Å²) in [6, 6.07) is 0.368. The molecule has 1 aliphatic rings. The molecule has 0 aromatic carbocycles. The van der Waals surface area contributed by atoms with E-state index in [0.29, 0.717) is 18.3 Å². The van der Waals surface area contributed by atoms with E-state index >= 15 is 0 Å². The molecule has 0 unspecified atom stereocenters. The summed E-state index contributed by atoms with van der Waals surface area (Å²) in [4.78, 5) is 11.9. The van der Waals surface area contributed by atoms with Crippen LogP contribution in [0.1, 0.15) is 26.2 Å². The van der Waals surface area contributed by atoms with Crippen LogP contribution in [0, 0.1) is 0 Å². The maximum atomic E-state index is 11.9. The summed E-state index contributed by atoms with van der Waals surface area (Å²) in [5, 5.41) is 11.0. The van der Waals surface area contributed by atoms with Gasteiger partial charge in [0.1, 0.15) is 5.02 Å². The van der Waals surface area contributed by atoms with Crippen LogP contribution < -0.4 is 16.2 Å². The van der Waals surface area contributed by atoms with Crippen molar-refractivity contribution in [3.63, 3.8) is 0 Å². The lowest BCUT2D eigenvalue weighted by atomic mass is 10.1. The van der Waals surface area contributed by atoms with Crippen molar-refractivity contribution in [1.29, 1.82) is 0 Å². The number of nitrogens with zero attached hydrogens (tertiary/aromatic N) is 2. The van der Waals surface area contributed by atoms with Gasteiger partial charge in [0.15, 0.2) is 0 Å². The smallest absolute Gasteiger partial charge is 0.287 e. The number of anilines is 1. The highest BCUT2D eigenvalue weighted by molar-refractivity contribution is 6.32. The van der Waals surface area contributed by atoms with Crippen LogP contribution in [0.3, 0.4) is 0 Å². The molecule has 1 aromatic heterocycles. The largest absolute Gasteiger partial charge is 0.380 e. The summed E-state index contributed by atoms with van der Waals surface area (Å²) in [5.74, 6) is 0. The number of halogens is 1. The Hall–Kier alpha value is -1.07. The van der Waals surface area contributed by atoms with Crippen LogP contribution in [0.5, 0.6) is 0 Å². The minimum atomic E-state index is -0.211. The molecule has 2 heterocycles. The van der Waals surface area contributed by atoms with Crippen molar-refractivity contribution in [2.75, 3.05) is 18.4 Å². The van der Waals surface area contributed by atoms with E-state index in [1.165, 1.54) is 4.68 Å². The second-order valence-corrected chi connectivity index (χ2v) is 4.95. The molecular weight excluding hydrogens is 252 g/mol. The van der Waals surface area contributed by atoms with Gasteiger partial charge in [-0.3, -0.25) is 4.79 Å². The van der Waals surface area contributed by atoms with Gasteiger partial charge in [0, 0.05) is 12.6 Å². The van der Waals surface area contributed by atoms with Gasteiger partial charge in [0.25, 0.3) is 5.56 Å². The Morgan fingerprint density at radius 1 is 1.56 bits per heavy atom. The molecular formula is C12H19ClN4O. The molecule has 1 fully saturated rings. The van der Waals surface area contributed by atoms with E-state index in [1.54, 1.807) is 6.20 Å². The van der Waals surface area contributed by atoms with Gasteiger partial charge >= 0.3 is 0 Å². The molecule has 1 aromatic rings. The minimum absolute atomic E-state index is 0.211. The summed E-state index contributed by atoms with van der Waals surface area (Å²) in [7, 11) is 0. The SMILES string of the molecule is CCCn1ncc(NC2CCNCC2)c(Cl)c1=O. The summed E-state index contributed by atoms with van der Waals surface area (Å²) < 4.78 is 1.41. The van der Waals surface area contributed by atoms with Crippen LogP contribution in [-0.4, -0.2) is 28.9 Å². The van der Waals surface area contributed by atoms with Crippen LogP contribution in [0.4, 0.5) is 5.69 Å². The van der Waals surface area contributed by atoms with Crippen LogP contribution in [0.2, 0.25) is 5.02 Å². The van der Waals surface area contributed by atoms with Crippen molar-refractivity contribution in [1.82, 2.24) is 15.1 Å². The zero-order chi connectivity index (χ0) is 13.0. The van der Waals surface area contributed by atoms with Crippen molar-refractivity contribution in [2.24, 2.45) is 0 Å². The molecule has 0 amide bonds. The molecule has 0 bridgehead atoms. The van der Waals surface area contributed by atoms with Crippen LogP contribution in [-0.2, 0) is 6.54 Å². The number of hydrogen-bond donors (Lipinski definition) is 2. The number of aromatic nitrogens is 2. The van der Waals surface area contributed by atoms with Gasteiger partial charge in [0.05, 0.1) is 11.9 Å². The monoisotopic (exact) mass is 270 g/mol. The number of aryl methyl sites for hydroxylation is 1. The molecule has 100 valence electrons. The van der Waals surface area contributed by atoms with Crippen molar-refractivity contribution < 1.29 is 0 Å². The third kappa shape index (κ3) is 3.03. The number of rotatable bonds is 4. The van der Waals surface area contributed by atoms with Gasteiger partial charge in [-0.1, -0.05) is 18.5 Å². The lowest BCUT2D eigenvalue weighted by Gasteiger charge is -2.24. The van der Waals surface area contributed by atoms with Crippen LogP contribution in [0.15, 0.2) is 11.0 Å². The third-order valence-corrected chi connectivity index (χ3v) is 3.48. The molecule has 0 aliphatic carbocycles. The Labute approximate surface area is 112 Å². The summed E-state index contributed by atoms with van der Waals surface area (Å²) in [6.07, 6.45) is 4.59. The predicted molar refractivity (Wildman–Crippen MR) is 73.3 cm³/mol. The molecule has 6 heteroatoms. The van der Waals surface area contributed by atoms with E-state index in [4.69, 9.17) is 11.6 Å². The van der Waals surface area contributed by atoms with E-state index < -0.39 is 0 Å². The maximum Gasteiger partial charge on any atom is 0.287 e. The van der Waals surface area contributed by atoms with Crippen molar-refractivity contribution in [2.45, 2.75) is 38.8 Å². The molecule has 2 N–H and O–H groups in total. The first-order chi connectivity index (χ1) is 8.72. The van der Waals surface area contributed by atoms with Crippen molar-refractivity contribution in [3.05, 3.63) is 21.6 Å². The number of nitrogens with one attached hydrogen (secondary N) is 2. The first-order valence-electron chi connectivity index (χ1n) is 6.45. The topological polar surface area (TPSA) is 59.0 Å². The molecule has 5 nitrogen and oxygen atoms in total. The van der Waals surface area contributed by atoms with Crippen LogP contribution >= 0.6 is 11.6 Å². The quantitative estimate of drug-likeness (QED) is 0.870. The minimum Gasteiger partial charge on any atom is -0.380 e. The molecule has 2 rings (SSSR count). The highest BCUT2D eigenvalue weighted by Gasteiger charge is 2.16. The lowest BCUT2D eigenvalue weighted by molar-refractivity contribution is 0.478. The Balaban J connectivity index is 2.13. The summed E-state index contributed by atoms with van der Waals surface area (Å²) in [6.45, 7) is 4.60. The third-order valence-electron chi connectivity index (χ3n) is 3.12. The van der Waals surface area contributed by atoms with Crippen molar-refractivity contribution >= 4 is 17.3 Å². The highest BCUT2D eigenvalue weighted by atomic mass is 35.5. The molecule has 0 radical (unpaired) electrons. The van der Waals surface area contributed by atoms with E-state index in [0.717, 1.165) is 32.4 Å². The first-order valence-corrected chi connectivity index (χ1v) is 6.83. The predicted octanol–water partition coefficient (Wildman–Crippen LogP) is 1.47. The van der Waals surface area contributed by atoms with Gasteiger partial charge in [-0.05, 0) is 32.4 Å². The van der Waals surface area contributed by atoms with Gasteiger partial charge in [-0.25, -0.2) is 4.68 Å². The fraction of sp³-hybridized carbons (Fsp3) is 0.667. The van der Waals surface area contributed by atoms with Crippen LogP contribution in [0.25, 0.3) is 0 Å². The van der Waals surface area contributed by atoms with E-state index in [1.807, 2.05) is 6.92 Å². The number of hydrogen-bond acceptors (Lipinski definition) is 4. The molecule has 0 saturated carbocycles. The Kier molecular flexibility index (Phi) is 4.60. The average Bonchev–Trinajstić information content (AvgIpc) is 2.40. The van der Waals surface area contributed by atoms with Gasteiger partial charge in [-0.15, -0.1) is 0 Å². The molecule has 1 aliphatic heterocycles. The normalized spacial score (nSPS) is 16.8. The zero-order valence-electron chi connectivity index (χ0n) is 10.6. The number of piperidine rings is 1. The maximum absolute atomic E-state index is 11.9. The lowest BCUT2D eigenvalue weighted by Crippen LogP contribution is -2.36. The van der Waals surface area contributed by atoms with Gasteiger partial charge in [0.2, 0.25) is 0 Å². The summed E-state index contributed by atoms with van der Waals surface area (Å²) >= 11 is 6.10. The second kappa shape index (κ2) is 6.20. The first kappa shape index (κ1) is 13.4. The van der Waals surface area contributed by atoms with Crippen molar-refractivity contribution in [3.8, 4) is 0 Å². The molecule has 18 heavy (non-hydrogen) atoms. The fourth-order valence-corrected chi connectivity index (χ4v) is 2.32. The summed E-state index contributed by atoms with van der Waals surface area (Å²) in [5.41, 5.74) is 0.443. The Morgan fingerprint density at radius 2 is 2.28 bits per heavy atom. The van der Waals surface area contributed by atoms with E-state index in [-0.39, 0.29) is 10.6 Å². The molecule has 0 atom stereocenters. The molecule has 0 spiro atoms. The Morgan fingerprint density at radius 3 is 2.94 bits per heavy atom. The van der Waals surface area contributed by atoms with Gasteiger partial charge in [-0.2, -0.15) is 5.10 Å². The average molecular weight is 271 g/mol. The van der Waals surface area contributed by atoms with Gasteiger partial charge < -0.3 is 10.6 Å². The fourth-order valence-electron chi connectivity index (χ4n) is 2.12.